The topological polar surface area (TPSA) is 68.3 Å². The number of rotatable bonds is 7. The number of benzene rings is 3. The molecule has 0 bridgehead atoms. The van der Waals surface area contributed by atoms with Crippen LogP contribution in [-0.4, -0.2) is 22.9 Å². The van der Waals surface area contributed by atoms with E-state index in [2.05, 4.69) is 10.3 Å². The highest BCUT2D eigenvalue weighted by Gasteiger charge is 2.24. The first-order chi connectivity index (χ1) is 14.7. The van der Waals surface area contributed by atoms with Crippen LogP contribution in [0.5, 0.6) is 0 Å². The molecular formula is C24H20N2O3S. The molecule has 0 fully saturated rings. The Morgan fingerprint density at radius 2 is 1.57 bits per heavy atom. The van der Waals surface area contributed by atoms with Crippen LogP contribution < -0.4 is 5.32 Å². The number of carbonyl (C=O) groups excluding carboxylic acids is 2. The van der Waals surface area contributed by atoms with E-state index < -0.39 is 12.0 Å². The van der Waals surface area contributed by atoms with Crippen LogP contribution in [0.3, 0.4) is 0 Å². The largest absolute Gasteiger partial charge is 0.457 e. The number of thiazole rings is 1. The molecule has 0 radical (unpaired) electrons. The van der Waals surface area contributed by atoms with Gasteiger partial charge in [-0.3, -0.25) is 4.79 Å². The van der Waals surface area contributed by atoms with Crippen molar-refractivity contribution in [1.82, 2.24) is 10.3 Å². The van der Waals surface area contributed by atoms with Gasteiger partial charge in [-0.15, -0.1) is 11.3 Å². The molecule has 3 aromatic carbocycles. The number of aromatic nitrogens is 1. The van der Waals surface area contributed by atoms with Crippen molar-refractivity contribution in [3.63, 3.8) is 0 Å². The van der Waals surface area contributed by atoms with Gasteiger partial charge < -0.3 is 10.1 Å². The second kappa shape index (κ2) is 9.33. The lowest BCUT2D eigenvalue weighted by Crippen LogP contribution is -2.43. The van der Waals surface area contributed by atoms with Crippen LogP contribution in [0.2, 0.25) is 0 Å². The zero-order valence-corrected chi connectivity index (χ0v) is 17.0. The molecule has 1 amide bonds. The third kappa shape index (κ3) is 4.90. The van der Waals surface area contributed by atoms with E-state index in [0.29, 0.717) is 12.0 Å². The predicted octanol–water partition coefficient (Wildman–Crippen LogP) is 4.38. The molecule has 4 aromatic rings. The van der Waals surface area contributed by atoms with Gasteiger partial charge in [-0.2, -0.15) is 0 Å². The summed E-state index contributed by atoms with van der Waals surface area (Å²) in [6.07, 6.45) is 0.345. The molecule has 1 heterocycles. The third-order valence-corrected chi connectivity index (χ3v) is 5.59. The molecule has 1 atom stereocenters. The van der Waals surface area contributed by atoms with Gasteiger partial charge in [-0.05, 0) is 29.8 Å². The number of carbonyl (C=O) groups is 2. The smallest absolute Gasteiger partial charge is 0.329 e. The average molecular weight is 417 g/mol. The highest BCUT2D eigenvalue weighted by atomic mass is 32.1. The Bertz CT molecular complexity index is 1110. The summed E-state index contributed by atoms with van der Waals surface area (Å²) in [5.74, 6) is -0.796. The second-order valence-electron chi connectivity index (χ2n) is 6.76. The fourth-order valence-electron chi connectivity index (χ4n) is 3.09. The fourth-order valence-corrected chi connectivity index (χ4v) is 3.97. The first-order valence-corrected chi connectivity index (χ1v) is 10.4. The van der Waals surface area contributed by atoms with Gasteiger partial charge in [0.25, 0.3) is 5.91 Å². The van der Waals surface area contributed by atoms with Gasteiger partial charge in [0.05, 0.1) is 10.2 Å². The summed E-state index contributed by atoms with van der Waals surface area (Å²) in [5.41, 5.74) is 2.31. The number of nitrogens with one attached hydrogen (secondary N) is 1. The molecule has 0 spiro atoms. The van der Waals surface area contributed by atoms with Crippen LogP contribution in [0.25, 0.3) is 10.2 Å². The molecule has 0 saturated carbocycles. The minimum absolute atomic E-state index is 0.0741. The van der Waals surface area contributed by atoms with Crippen molar-refractivity contribution in [3.8, 4) is 0 Å². The fraction of sp³-hybridized carbons (Fsp3) is 0.125. The standard InChI is InChI=1S/C24H20N2O3S/c27-23(18-11-5-2-6-12-18)26-20(15-17-9-3-1-4-10-17)24(28)29-16-22-25-19-13-7-8-14-21(19)30-22/h1-14,20H,15-16H2,(H,26,27)/t20-/m0/s1. The zero-order valence-electron chi connectivity index (χ0n) is 16.2. The van der Waals surface area contributed by atoms with Gasteiger partial charge in [0.15, 0.2) is 0 Å². The van der Waals surface area contributed by atoms with Crippen LogP contribution in [-0.2, 0) is 22.6 Å². The van der Waals surface area contributed by atoms with Crippen molar-refractivity contribution in [1.29, 1.82) is 0 Å². The van der Waals surface area contributed by atoms with E-state index >= 15 is 0 Å². The summed E-state index contributed by atoms with van der Waals surface area (Å²) >= 11 is 1.49. The number of ether oxygens (including phenoxy) is 1. The van der Waals surface area contributed by atoms with Gasteiger partial charge in [0, 0.05) is 12.0 Å². The van der Waals surface area contributed by atoms with Crippen molar-refractivity contribution in [2.45, 2.75) is 19.1 Å². The maximum absolute atomic E-state index is 12.8. The predicted molar refractivity (Wildman–Crippen MR) is 117 cm³/mol. The Morgan fingerprint density at radius 1 is 0.900 bits per heavy atom. The summed E-state index contributed by atoms with van der Waals surface area (Å²) in [6, 6.07) is 25.4. The van der Waals surface area contributed by atoms with Crippen molar-refractivity contribution in [2.75, 3.05) is 0 Å². The average Bonchev–Trinajstić information content (AvgIpc) is 3.21. The molecule has 0 aliphatic carbocycles. The Kier molecular flexibility index (Phi) is 6.15. The monoisotopic (exact) mass is 416 g/mol. The number of hydrogen-bond acceptors (Lipinski definition) is 5. The minimum atomic E-state index is -0.797. The van der Waals surface area contributed by atoms with E-state index in [4.69, 9.17) is 4.74 Å². The summed E-state index contributed by atoms with van der Waals surface area (Å²) < 4.78 is 6.57. The zero-order chi connectivity index (χ0) is 20.8. The quantitative estimate of drug-likeness (QED) is 0.454. The van der Waals surface area contributed by atoms with Gasteiger partial charge in [0.1, 0.15) is 17.7 Å². The van der Waals surface area contributed by atoms with E-state index in [1.807, 2.05) is 60.7 Å². The van der Waals surface area contributed by atoms with Crippen LogP contribution in [0.1, 0.15) is 20.9 Å². The number of amides is 1. The highest BCUT2D eigenvalue weighted by Crippen LogP contribution is 2.22. The molecule has 5 nitrogen and oxygen atoms in total. The van der Waals surface area contributed by atoms with Gasteiger partial charge >= 0.3 is 5.97 Å². The van der Waals surface area contributed by atoms with Crippen LogP contribution in [0.4, 0.5) is 0 Å². The molecular weight excluding hydrogens is 396 g/mol. The molecule has 0 aliphatic rings. The van der Waals surface area contributed by atoms with E-state index in [9.17, 15) is 9.59 Å². The Morgan fingerprint density at radius 3 is 2.30 bits per heavy atom. The molecule has 0 unspecified atom stereocenters. The molecule has 1 N–H and O–H groups in total. The molecule has 0 aliphatic heterocycles. The minimum Gasteiger partial charge on any atom is -0.457 e. The summed E-state index contributed by atoms with van der Waals surface area (Å²) in [5, 5.41) is 3.53. The number of esters is 1. The van der Waals surface area contributed by atoms with E-state index in [0.717, 1.165) is 20.8 Å². The number of para-hydroxylation sites is 1. The second-order valence-corrected chi connectivity index (χ2v) is 7.88. The number of fused-ring (bicyclic) bond motifs is 1. The van der Waals surface area contributed by atoms with Crippen LogP contribution in [0, 0.1) is 0 Å². The summed E-state index contributed by atoms with van der Waals surface area (Å²) in [4.78, 5) is 29.9. The first kappa shape index (κ1) is 19.8. The van der Waals surface area contributed by atoms with Crippen LogP contribution in [0.15, 0.2) is 84.9 Å². The van der Waals surface area contributed by atoms with Crippen molar-refractivity contribution in [2.24, 2.45) is 0 Å². The van der Waals surface area contributed by atoms with Crippen molar-refractivity contribution >= 4 is 33.4 Å². The van der Waals surface area contributed by atoms with E-state index in [1.54, 1.807) is 24.3 Å². The molecule has 1 aromatic heterocycles. The lowest BCUT2D eigenvalue weighted by molar-refractivity contribution is -0.147. The van der Waals surface area contributed by atoms with Gasteiger partial charge in [-0.1, -0.05) is 60.7 Å². The molecule has 30 heavy (non-hydrogen) atoms. The highest BCUT2D eigenvalue weighted by molar-refractivity contribution is 7.18. The first-order valence-electron chi connectivity index (χ1n) is 9.60. The van der Waals surface area contributed by atoms with Gasteiger partial charge in [-0.25, -0.2) is 9.78 Å². The lowest BCUT2D eigenvalue weighted by Gasteiger charge is -2.17. The summed E-state index contributed by atoms with van der Waals surface area (Å²) in [6.45, 7) is 0.0741. The van der Waals surface area contributed by atoms with Crippen molar-refractivity contribution in [3.05, 3.63) is 101 Å². The lowest BCUT2D eigenvalue weighted by atomic mass is 10.1. The molecule has 4 rings (SSSR count). The number of nitrogens with zero attached hydrogens (tertiary/aromatic N) is 1. The van der Waals surface area contributed by atoms with Gasteiger partial charge in [0.2, 0.25) is 0 Å². The Balaban J connectivity index is 1.47. The van der Waals surface area contributed by atoms with E-state index in [1.165, 1.54) is 11.3 Å². The molecule has 150 valence electrons. The normalized spacial score (nSPS) is 11.7. The summed E-state index contributed by atoms with van der Waals surface area (Å²) in [7, 11) is 0. The van der Waals surface area contributed by atoms with Crippen molar-refractivity contribution < 1.29 is 14.3 Å². The number of hydrogen-bond donors (Lipinski definition) is 1. The Labute approximate surface area is 178 Å². The molecule has 0 saturated heterocycles. The van der Waals surface area contributed by atoms with Crippen LogP contribution >= 0.6 is 11.3 Å². The third-order valence-electron chi connectivity index (χ3n) is 4.58. The maximum Gasteiger partial charge on any atom is 0.329 e. The molecule has 6 heteroatoms. The maximum atomic E-state index is 12.8. The van der Waals surface area contributed by atoms with E-state index in [-0.39, 0.29) is 12.5 Å². The SMILES string of the molecule is O=C(N[C@@H](Cc1ccccc1)C(=O)OCc1nc2ccccc2s1)c1ccccc1. The Hall–Kier alpha value is -3.51.